The van der Waals surface area contributed by atoms with Crippen LogP contribution in [0.5, 0.6) is 0 Å². The maximum atomic E-state index is 11.2. The third-order valence-electron chi connectivity index (χ3n) is 7.45. The SMILES string of the molecule is C=C(c1cn2cc(C(C)(C)OC)ccc2n1)N1CC[C@]2(Cc3ccccc3CN2)[C@H](O)C1. The maximum absolute atomic E-state index is 11.2. The molecule has 6 nitrogen and oxygen atoms in total. The molecule has 1 spiro atoms. The Morgan fingerprint density at radius 1 is 1.22 bits per heavy atom. The molecule has 6 heteroatoms. The van der Waals surface area contributed by atoms with Gasteiger partial charge in [0.2, 0.25) is 0 Å². The molecule has 2 N–H and O–H groups in total. The Bertz CT molecular complexity index is 1170. The number of benzene rings is 1. The Labute approximate surface area is 189 Å². The normalized spacial score (nSPS) is 23.5. The Hall–Kier alpha value is -2.67. The Morgan fingerprint density at radius 3 is 2.75 bits per heavy atom. The predicted molar refractivity (Wildman–Crippen MR) is 126 cm³/mol. The molecule has 0 amide bonds. The molecular formula is C26H32N4O2. The summed E-state index contributed by atoms with van der Waals surface area (Å²) in [6, 6.07) is 12.6. The molecule has 4 heterocycles. The monoisotopic (exact) mass is 432 g/mol. The van der Waals surface area contributed by atoms with Gasteiger partial charge in [-0.2, -0.15) is 0 Å². The summed E-state index contributed by atoms with van der Waals surface area (Å²) in [5.74, 6) is 0. The molecule has 0 bridgehead atoms. The Morgan fingerprint density at radius 2 is 2.00 bits per heavy atom. The molecule has 0 aliphatic carbocycles. The first-order chi connectivity index (χ1) is 15.3. The molecule has 168 valence electrons. The minimum absolute atomic E-state index is 0.273. The zero-order valence-corrected chi connectivity index (χ0v) is 19.1. The molecule has 3 aromatic rings. The molecule has 1 aromatic carbocycles. The number of β-amino-alcohol motifs (C(OH)–C–C–N with tert-alkyl or cyclic N) is 1. The molecule has 0 saturated carbocycles. The number of imidazole rings is 1. The minimum atomic E-state index is -0.479. The number of likely N-dealkylation sites (tertiary alicyclic amines) is 1. The number of nitrogens with zero attached hydrogens (tertiary/aromatic N) is 3. The molecule has 32 heavy (non-hydrogen) atoms. The highest BCUT2D eigenvalue weighted by Gasteiger charge is 2.44. The van der Waals surface area contributed by atoms with E-state index in [0.29, 0.717) is 6.54 Å². The molecule has 0 radical (unpaired) electrons. The summed E-state index contributed by atoms with van der Waals surface area (Å²) < 4.78 is 7.64. The average molecular weight is 433 g/mol. The van der Waals surface area contributed by atoms with Crippen LogP contribution < -0.4 is 5.32 Å². The van der Waals surface area contributed by atoms with Crippen molar-refractivity contribution < 1.29 is 9.84 Å². The van der Waals surface area contributed by atoms with Crippen LogP contribution in [0.25, 0.3) is 11.3 Å². The van der Waals surface area contributed by atoms with Gasteiger partial charge in [-0.25, -0.2) is 4.98 Å². The fourth-order valence-electron chi connectivity index (χ4n) is 4.98. The number of methoxy groups -OCH3 is 1. The highest BCUT2D eigenvalue weighted by molar-refractivity contribution is 5.62. The number of hydrogen-bond donors (Lipinski definition) is 2. The van der Waals surface area contributed by atoms with E-state index in [2.05, 4.69) is 53.3 Å². The summed E-state index contributed by atoms with van der Waals surface area (Å²) in [5, 5.41) is 14.8. The molecular weight excluding hydrogens is 400 g/mol. The number of rotatable bonds is 4. The summed E-state index contributed by atoms with van der Waals surface area (Å²) in [6.45, 7) is 10.6. The van der Waals surface area contributed by atoms with E-state index >= 15 is 0 Å². The van der Waals surface area contributed by atoms with Crippen molar-refractivity contribution in [3.05, 3.63) is 77.8 Å². The van der Waals surface area contributed by atoms with Crippen LogP contribution in [-0.2, 0) is 23.3 Å². The number of aliphatic hydroxyl groups is 1. The van der Waals surface area contributed by atoms with Crippen molar-refractivity contribution in [1.82, 2.24) is 19.6 Å². The first-order valence-corrected chi connectivity index (χ1v) is 11.3. The minimum Gasteiger partial charge on any atom is -0.389 e. The second kappa shape index (κ2) is 7.73. The Kier molecular flexibility index (Phi) is 5.12. The number of ether oxygens (including phenoxy) is 1. The van der Waals surface area contributed by atoms with E-state index in [-0.39, 0.29) is 11.1 Å². The van der Waals surface area contributed by atoms with Crippen molar-refractivity contribution in [3.8, 4) is 0 Å². The van der Waals surface area contributed by atoms with Gasteiger partial charge in [0.1, 0.15) is 11.3 Å². The van der Waals surface area contributed by atoms with Gasteiger partial charge >= 0.3 is 0 Å². The Balaban J connectivity index is 1.33. The van der Waals surface area contributed by atoms with E-state index in [1.54, 1.807) is 7.11 Å². The molecule has 2 aliphatic heterocycles. The van der Waals surface area contributed by atoms with E-state index < -0.39 is 6.10 Å². The molecule has 2 atom stereocenters. The largest absolute Gasteiger partial charge is 0.389 e. The lowest BCUT2D eigenvalue weighted by Gasteiger charge is -2.49. The van der Waals surface area contributed by atoms with Gasteiger partial charge in [0.05, 0.1) is 22.9 Å². The fraction of sp³-hybridized carbons (Fsp3) is 0.423. The van der Waals surface area contributed by atoms with Crippen LogP contribution in [0.2, 0.25) is 0 Å². The predicted octanol–water partition coefficient (Wildman–Crippen LogP) is 3.34. The fourth-order valence-corrected chi connectivity index (χ4v) is 4.98. The van der Waals surface area contributed by atoms with Gasteiger partial charge in [0, 0.05) is 39.1 Å². The van der Waals surface area contributed by atoms with Gasteiger partial charge in [-0.05, 0) is 49.4 Å². The van der Waals surface area contributed by atoms with Crippen molar-refractivity contribution in [3.63, 3.8) is 0 Å². The van der Waals surface area contributed by atoms with Crippen LogP contribution in [0.15, 0.2) is 55.4 Å². The molecule has 5 rings (SSSR count). The van der Waals surface area contributed by atoms with Gasteiger partial charge in [-0.15, -0.1) is 0 Å². The number of hydrogen-bond acceptors (Lipinski definition) is 5. The number of nitrogens with one attached hydrogen (secondary N) is 1. The number of piperidine rings is 1. The van der Waals surface area contributed by atoms with Gasteiger partial charge in [0.15, 0.2) is 0 Å². The summed E-state index contributed by atoms with van der Waals surface area (Å²) in [4.78, 5) is 6.95. The maximum Gasteiger partial charge on any atom is 0.137 e. The molecule has 2 aromatic heterocycles. The number of pyridine rings is 1. The standard InChI is InChI=1S/C26H32N4O2/c1-18(22-16-30-15-21(25(2,3)32-4)9-10-24(30)28-22)29-12-11-26(23(31)17-29)13-19-7-5-6-8-20(19)14-27-26/h5-10,15-16,23,27,31H,1,11-14,17H2,2-4H3/t23-,26+/m1/s1. The second-order valence-electron chi connectivity index (χ2n) is 9.64. The first-order valence-electron chi connectivity index (χ1n) is 11.3. The number of fused-ring (bicyclic) bond motifs is 2. The van der Waals surface area contributed by atoms with E-state index in [9.17, 15) is 5.11 Å². The topological polar surface area (TPSA) is 62.0 Å². The summed E-state index contributed by atoms with van der Waals surface area (Å²) >= 11 is 0. The van der Waals surface area contributed by atoms with Gasteiger partial charge < -0.3 is 24.5 Å². The van der Waals surface area contributed by atoms with Crippen LogP contribution in [0, 0.1) is 0 Å². The lowest BCUT2D eigenvalue weighted by Crippen LogP contribution is -2.64. The molecule has 2 aliphatic rings. The number of aliphatic hydroxyl groups excluding tert-OH is 1. The quantitative estimate of drug-likeness (QED) is 0.662. The van der Waals surface area contributed by atoms with Crippen LogP contribution in [-0.4, -0.2) is 51.2 Å². The summed E-state index contributed by atoms with van der Waals surface area (Å²) in [7, 11) is 1.72. The molecule has 0 unspecified atom stereocenters. The van der Waals surface area contributed by atoms with Crippen molar-refractivity contribution in [2.24, 2.45) is 0 Å². The zero-order valence-electron chi connectivity index (χ0n) is 19.1. The van der Waals surface area contributed by atoms with Crippen molar-refractivity contribution in [2.45, 2.75) is 50.5 Å². The molecule has 1 saturated heterocycles. The van der Waals surface area contributed by atoms with Gasteiger partial charge in [-0.1, -0.05) is 36.9 Å². The lowest BCUT2D eigenvalue weighted by molar-refractivity contribution is -0.00184. The smallest absolute Gasteiger partial charge is 0.137 e. The zero-order chi connectivity index (χ0) is 22.5. The summed E-state index contributed by atoms with van der Waals surface area (Å²) in [5.41, 5.74) is 5.67. The highest BCUT2D eigenvalue weighted by atomic mass is 16.5. The third kappa shape index (κ3) is 3.52. The second-order valence-corrected chi connectivity index (χ2v) is 9.64. The van der Waals surface area contributed by atoms with E-state index in [1.807, 2.05) is 30.5 Å². The van der Waals surface area contributed by atoms with Crippen LogP contribution in [0.3, 0.4) is 0 Å². The van der Waals surface area contributed by atoms with E-state index in [1.165, 1.54) is 11.1 Å². The first kappa shape index (κ1) is 21.2. The van der Waals surface area contributed by atoms with Crippen molar-refractivity contribution in [2.75, 3.05) is 20.2 Å². The highest BCUT2D eigenvalue weighted by Crippen LogP contribution is 2.34. The van der Waals surface area contributed by atoms with Crippen molar-refractivity contribution >= 4 is 11.3 Å². The third-order valence-corrected chi connectivity index (χ3v) is 7.45. The summed E-state index contributed by atoms with van der Waals surface area (Å²) in [6.07, 6.45) is 5.32. The van der Waals surface area contributed by atoms with Crippen molar-refractivity contribution in [1.29, 1.82) is 0 Å². The van der Waals surface area contributed by atoms with Crippen LogP contribution in [0.1, 0.15) is 42.7 Å². The molecule has 1 fully saturated rings. The van der Waals surface area contributed by atoms with Gasteiger partial charge in [-0.3, -0.25) is 0 Å². The van der Waals surface area contributed by atoms with Crippen LogP contribution >= 0.6 is 0 Å². The lowest BCUT2D eigenvalue weighted by atomic mass is 9.76. The van der Waals surface area contributed by atoms with E-state index in [4.69, 9.17) is 9.72 Å². The van der Waals surface area contributed by atoms with Gasteiger partial charge in [0.25, 0.3) is 0 Å². The number of aromatic nitrogens is 2. The average Bonchev–Trinajstić information content (AvgIpc) is 3.24. The van der Waals surface area contributed by atoms with E-state index in [0.717, 1.165) is 48.5 Å². The van der Waals surface area contributed by atoms with Crippen LogP contribution in [0.4, 0.5) is 0 Å².